The van der Waals surface area contributed by atoms with Gasteiger partial charge in [-0.15, -0.1) is 0 Å². The summed E-state index contributed by atoms with van der Waals surface area (Å²) >= 11 is 0. The van der Waals surface area contributed by atoms with E-state index >= 15 is 0 Å². The molecule has 120 valence electrons. The number of carbonyl (C=O) groups excluding carboxylic acids is 2. The third-order valence-electron chi connectivity index (χ3n) is 3.75. The van der Waals surface area contributed by atoms with Crippen molar-refractivity contribution in [2.45, 2.75) is 19.3 Å². The molecule has 0 aromatic heterocycles. The summed E-state index contributed by atoms with van der Waals surface area (Å²) < 4.78 is 5.22. The van der Waals surface area contributed by atoms with Crippen molar-refractivity contribution in [3.8, 4) is 0 Å². The van der Waals surface area contributed by atoms with Crippen molar-refractivity contribution in [1.82, 2.24) is 0 Å². The summed E-state index contributed by atoms with van der Waals surface area (Å²) in [4.78, 5) is 25.9. The fourth-order valence-electron chi connectivity index (χ4n) is 2.35. The lowest BCUT2D eigenvalue weighted by molar-refractivity contribution is -0.149. The number of hydrogen-bond acceptors (Lipinski definition) is 3. The van der Waals surface area contributed by atoms with Crippen LogP contribution < -0.4 is 4.90 Å². The van der Waals surface area contributed by atoms with Gasteiger partial charge in [0.1, 0.15) is 0 Å². The van der Waals surface area contributed by atoms with Crippen LogP contribution in [-0.2, 0) is 14.3 Å². The zero-order chi connectivity index (χ0) is 16.7. The molecule has 0 fully saturated rings. The van der Waals surface area contributed by atoms with Crippen molar-refractivity contribution in [3.63, 3.8) is 0 Å². The van der Waals surface area contributed by atoms with Crippen molar-refractivity contribution in [2.24, 2.45) is 0 Å². The Morgan fingerprint density at radius 1 is 1.00 bits per heavy atom. The van der Waals surface area contributed by atoms with E-state index in [0.717, 1.165) is 11.3 Å². The second-order valence-corrected chi connectivity index (χ2v) is 5.27. The summed E-state index contributed by atoms with van der Waals surface area (Å²) in [7, 11) is 1.67. The average Bonchev–Trinajstić information content (AvgIpc) is 2.61. The number of para-hydroxylation sites is 1. The molecule has 0 aliphatic rings. The van der Waals surface area contributed by atoms with Gasteiger partial charge in [-0.05, 0) is 24.1 Å². The number of anilines is 1. The number of ether oxygens (including phenoxy) is 1. The van der Waals surface area contributed by atoms with E-state index in [4.69, 9.17) is 4.74 Å². The maximum atomic E-state index is 12.2. The van der Waals surface area contributed by atoms with Gasteiger partial charge in [0.2, 0.25) is 0 Å². The smallest absolute Gasteiger partial charge is 0.313 e. The highest BCUT2D eigenvalue weighted by molar-refractivity contribution is 5.95. The Morgan fingerprint density at radius 3 is 2.13 bits per heavy atom. The second kappa shape index (κ2) is 8.13. The lowest BCUT2D eigenvalue weighted by Gasteiger charge is -2.19. The molecule has 1 atom stereocenters. The van der Waals surface area contributed by atoms with Crippen LogP contribution in [0.3, 0.4) is 0 Å². The van der Waals surface area contributed by atoms with Crippen molar-refractivity contribution >= 4 is 17.6 Å². The number of carbonyl (C=O) groups is 2. The van der Waals surface area contributed by atoms with Crippen LogP contribution in [0.4, 0.5) is 5.69 Å². The predicted molar refractivity (Wildman–Crippen MR) is 90.3 cm³/mol. The highest BCUT2D eigenvalue weighted by Crippen LogP contribution is 2.21. The predicted octanol–water partition coefficient (Wildman–Crippen LogP) is 3.39. The van der Waals surface area contributed by atoms with Crippen LogP contribution in [0, 0.1) is 0 Å². The van der Waals surface area contributed by atoms with Gasteiger partial charge in [0.05, 0.1) is 5.92 Å². The fourth-order valence-corrected chi connectivity index (χ4v) is 2.35. The van der Waals surface area contributed by atoms with Crippen LogP contribution in [0.25, 0.3) is 0 Å². The Morgan fingerprint density at radius 2 is 1.57 bits per heavy atom. The number of likely N-dealkylation sites (N-methyl/N-ethyl adjacent to an activating group) is 1. The quantitative estimate of drug-likeness (QED) is 0.768. The van der Waals surface area contributed by atoms with Crippen LogP contribution in [0.2, 0.25) is 0 Å². The first-order valence-corrected chi connectivity index (χ1v) is 7.66. The van der Waals surface area contributed by atoms with Gasteiger partial charge in [0.25, 0.3) is 5.91 Å². The summed E-state index contributed by atoms with van der Waals surface area (Å²) in [6.45, 7) is 1.67. The van der Waals surface area contributed by atoms with Crippen LogP contribution >= 0.6 is 0 Å². The lowest BCUT2D eigenvalue weighted by atomic mass is 9.97. The molecule has 0 unspecified atom stereocenters. The molecule has 0 aliphatic heterocycles. The fraction of sp³-hybridized carbons (Fsp3) is 0.263. The Labute approximate surface area is 136 Å². The number of rotatable bonds is 6. The zero-order valence-corrected chi connectivity index (χ0v) is 13.4. The highest BCUT2D eigenvalue weighted by atomic mass is 16.5. The van der Waals surface area contributed by atoms with E-state index in [-0.39, 0.29) is 24.4 Å². The van der Waals surface area contributed by atoms with Crippen LogP contribution in [0.15, 0.2) is 60.7 Å². The Balaban J connectivity index is 1.94. The summed E-state index contributed by atoms with van der Waals surface area (Å²) in [5.41, 5.74) is 1.67. The molecule has 0 bridgehead atoms. The van der Waals surface area contributed by atoms with Crippen molar-refractivity contribution in [3.05, 3.63) is 66.2 Å². The highest BCUT2D eigenvalue weighted by Gasteiger charge is 2.22. The first-order valence-electron chi connectivity index (χ1n) is 7.66. The summed E-state index contributed by atoms with van der Waals surface area (Å²) in [5.74, 6) is -0.966. The van der Waals surface area contributed by atoms with Gasteiger partial charge < -0.3 is 9.64 Å². The largest absolute Gasteiger partial charge is 0.455 e. The molecule has 0 saturated carbocycles. The maximum Gasteiger partial charge on any atom is 0.313 e. The van der Waals surface area contributed by atoms with Gasteiger partial charge in [-0.3, -0.25) is 9.59 Å². The molecular weight excluding hydrogens is 290 g/mol. The zero-order valence-electron chi connectivity index (χ0n) is 13.4. The van der Waals surface area contributed by atoms with Crippen molar-refractivity contribution < 1.29 is 14.3 Å². The monoisotopic (exact) mass is 311 g/mol. The topological polar surface area (TPSA) is 46.6 Å². The first-order chi connectivity index (χ1) is 11.1. The molecule has 0 radical (unpaired) electrons. The lowest BCUT2D eigenvalue weighted by Crippen LogP contribution is -2.31. The van der Waals surface area contributed by atoms with Crippen LogP contribution in [0.5, 0.6) is 0 Å². The van der Waals surface area contributed by atoms with E-state index < -0.39 is 0 Å². The normalized spacial score (nSPS) is 11.6. The molecule has 0 spiro atoms. The molecular formula is C19H21NO3. The Kier molecular flexibility index (Phi) is 5.92. The molecule has 0 N–H and O–H groups in total. The van der Waals surface area contributed by atoms with Crippen molar-refractivity contribution in [2.75, 3.05) is 18.6 Å². The Bertz CT molecular complexity index is 640. The van der Waals surface area contributed by atoms with Crippen LogP contribution in [-0.4, -0.2) is 25.5 Å². The minimum atomic E-state index is -0.367. The van der Waals surface area contributed by atoms with E-state index in [1.807, 2.05) is 67.6 Å². The minimum Gasteiger partial charge on any atom is -0.455 e. The molecule has 1 amide bonds. The van der Waals surface area contributed by atoms with E-state index in [0.29, 0.717) is 6.42 Å². The van der Waals surface area contributed by atoms with Gasteiger partial charge in [-0.1, -0.05) is 55.5 Å². The van der Waals surface area contributed by atoms with Gasteiger partial charge in [0.15, 0.2) is 6.61 Å². The molecule has 0 saturated heterocycles. The standard InChI is InChI=1S/C19H21NO3/c1-3-17(15-10-6-4-7-11-15)19(22)23-14-18(21)20(2)16-12-8-5-9-13-16/h4-13,17H,3,14H2,1-2H3/t17-/m1/s1. The number of esters is 1. The molecule has 0 heterocycles. The van der Waals surface area contributed by atoms with Gasteiger partial charge in [-0.2, -0.15) is 0 Å². The minimum absolute atomic E-state index is 0.256. The Hall–Kier alpha value is -2.62. The molecule has 23 heavy (non-hydrogen) atoms. The molecule has 4 nitrogen and oxygen atoms in total. The van der Waals surface area contributed by atoms with E-state index in [1.54, 1.807) is 7.05 Å². The molecule has 2 rings (SSSR count). The van der Waals surface area contributed by atoms with E-state index in [9.17, 15) is 9.59 Å². The third-order valence-corrected chi connectivity index (χ3v) is 3.75. The number of hydrogen-bond donors (Lipinski definition) is 0. The van der Waals surface area contributed by atoms with Crippen molar-refractivity contribution in [1.29, 1.82) is 0 Å². The molecule has 4 heteroatoms. The average molecular weight is 311 g/mol. The first kappa shape index (κ1) is 16.7. The van der Waals surface area contributed by atoms with Gasteiger partial charge >= 0.3 is 5.97 Å². The molecule has 2 aromatic carbocycles. The number of benzene rings is 2. The van der Waals surface area contributed by atoms with Crippen LogP contribution in [0.1, 0.15) is 24.8 Å². The summed E-state index contributed by atoms with van der Waals surface area (Å²) in [5, 5.41) is 0. The number of amides is 1. The van der Waals surface area contributed by atoms with E-state index in [1.165, 1.54) is 4.90 Å². The summed E-state index contributed by atoms with van der Waals surface area (Å²) in [6.07, 6.45) is 0.631. The third kappa shape index (κ3) is 4.42. The summed E-state index contributed by atoms with van der Waals surface area (Å²) in [6, 6.07) is 18.7. The SMILES string of the molecule is CC[C@@H](C(=O)OCC(=O)N(C)c1ccccc1)c1ccccc1. The van der Waals surface area contributed by atoms with Gasteiger partial charge in [0, 0.05) is 12.7 Å². The van der Waals surface area contributed by atoms with Gasteiger partial charge in [-0.25, -0.2) is 0 Å². The number of nitrogens with zero attached hydrogens (tertiary/aromatic N) is 1. The van der Waals surface area contributed by atoms with E-state index in [2.05, 4.69) is 0 Å². The molecule has 0 aliphatic carbocycles. The maximum absolute atomic E-state index is 12.2. The molecule has 2 aromatic rings. The second-order valence-electron chi connectivity index (χ2n) is 5.27.